The van der Waals surface area contributed by atoms with Gasteiger partial charge in [-0.25, -0.2) is 13.4 Å². The number of nitrogens with zero attached hydrogens (tertiary/aromatic N) is 3. The minimum absolute atomic E-state index is 0.0361. The van der Waals surface area contributed by atoms with Crippen LogP contribution < -0.4 is 0 Å². The number of rotatable bonds is 9. The van der Waals surface area contributed by atoms with E-state index >= 15 is 0 Å². The Morgan fingerprint density at radius 1 is 1.15 bits per heavy atom. The number of benzene rings is 2. The second kappa shape index (κ2) is 10.7. The maximum atomic E-state index is 13.0. The van der Waals surface area contributed by atoms with E-state index in [0.717, 1.165) is 16.8 Å². The molecule has 0 amide bonds. The van der Waals surface area contributed by atoms with E-state index in [-0.39, 0.29) is 23.2 Å². The third kappa shape index (κ3) is 5.57. The largest absolute Gasteiger partial charge is 0.457 e. The van der Waals surface area contributed by atoms with Gasteiger partial charge in [0.15, 0.2) is 0 Å². The van der Waals surface area contributed by atoms with E-state index in [1.54, 1.807) is 18.2 Å². The van der Waals surface area contributed by atoms with E-state index in [1.165, 1.54) is 16.1 Å². The molecule has 0 N–H and O–H groups in total. The SMILES string of the molecule is CCCn1c(COC(=O)CSc2ccccc2)nc2cc(S(=O)(=O)N3CCOCC3)ccc21. The van der Waals surface area contributed by atoms with E-state index in [9.17, 15) is 13.2 Å². The van der Waals surface area contributed by atoms with E-state index in [0.29, 0.717) is 44.2 Å². The van der Waals surface area contributed by atoms with Gasteiger partial charge in [0.1, 0.15) is 12.4 Å². The molecular formula is C23H27N3O5S2. The smallest absolute Gasteiger partial charge is 0.316 e. The lowest BCUT2D eigenvalue weighted by Crippen LogP contribution is -2.40. The first-order valence-electron chi connectivity index (χ1n) is 10.9. The van der Waals surface area contributed by atoms with Crippen molar-refractivity contribution >= 4 is 38.8 Å². The number of aromatic nitrogens is 2. The number of carbonyl (C=O) groups excluding carboxylic acids is 1. The number of fused-ring (bicyclic) bond motifs is 1. The highest BCUT2D eigenvalue weighted by molar-refractivity contribution is 8.00. The summed E-state index contributed by atoms with van der Waals surface area (Å²) in [5.74, 6) is 0.486. The Labute approximate surface area is 197 Å². The molecule has 2 aromatic carbocycles. The Morgan fingerprint density at radius 3 is 2.64 bits per heavy atom. The summed E-state index contributed by atoms with van der Waals surface area (Å²) >= 11 is 1.42. The van der Waals surface area contributed by atoms with Crippen LogP contribution in [-0.2, 0) is 37.4 Å². The lowest BCUT2D eigenvalue weighted by molar-refractivity contribution is -0.142. The molecule has 10 heteroatoms. The maximum Gasteiger partial charge on any atom is 0.316 e. The zero-order chi connectivity index (χ0) is 23.3. The van der Waals surface area contributed by atoms with Crippen LogP contribution in [0.5, 0.6) is 0 Å². The number of morpholine rings is 1. The summed E-state index contributed by atoms with van der Waals surface area (Å²) in [6.45, 7) is 4.25. The van der Waals surface area contributed by atoms with E-state index in [4.69, 9.17) is 9.47 Å². The minimum Gasteiger partial charge on any atom is -0.457 e. The number of hydrogen-bond donors (Lipinski definition) is 0. The highest BCUT2D eigenvalue weighted by atomic mass is 32.2. The predicted molar refractivity (Wildman–Crippen MR) is 127 cm³/mol. The number of imidazole rings is 1. The highest BCUT2D eigenvalue weighted by Crippen LogP contribution is 2.24. The molecule has 1 saturated heterocycles. The summed E-state index contributed by atoms with van der Waals surface area (Å²) < 4.78 is 40.2. The van der Waals surface area contributed by atoms with E-state index < -0.39 is 10.0 Å². The summed E-state index contributed by atoms with van der Waals surface area (Å²) in [6.07, 6.45) is 0.865. The first-order chi connectivity index (χ1) is 16.0. The molecule has 1 aliphatic heterocycles. The van der Waals surface area contributed by atoms with Gasteiger partial charge in [0.25, 0.3) is 0 Å². The Bertz CT molecular complexity index is 1210. The van der Waals surface area contributed by atoms with Gasteiger partial charge < -0.3 is 14.0 Å². The van der Waals surface area contributed by atoms with Crippen LogP contribution in [0, 0.1) is 0 Å². The molecule has 1 fully saturated rings. The van der Waals surface area contributed by atoms with Crippen LogP contribution in [0.15, 0.2) is 58.3 Å². The van der Waals surface area contributed by atoms with Crippen LogP contribution >= 0.6 is 11.8 Å². The van der Waals surface area contributed by atoms with Crippen molar-refractivity contribution in [3.05, 3.63) is 54.4 Å². The molecule has 0 radical (unpaired) electrons. The first-order valence-corrected chi connectivity index (χ1v) is 13.3. The Hall–Kier alpha value is -2.40. The molecule has 2 heterocycles. The standard InChI is InChI=1S/C23H27N3O5S2/c1-2-10-26-21-9-8-19(33(28,29)25-11-13-30-14-12-25)15-20(21)24-22(26)16-31-23(27)17-32-18-6-4-3-5-7-18/h3-9,15H,2,10-14,16-17H2,1H3. The molecule has 1 aromatic heterocycles. The molecule has 8 nitrogen and oxygen atoms in total. The van der Waals surface area contributed by atoms with E-state index in [1.807, 2.05) is 34.9 Å². The van der Waals surface area contributed by atoms with Crippen LogP contribution in [0.25, 0.3) is 11.0 Å². The lowest BCUT2D eigenvalue weighted by atomic mass is 10.3. The Morgan fingerprint density at radius 2 is 1.91 bits per heavy atom. The van der Waals surface area contributed by atoms with Gasteiger partial charge in [-0.15, -0.1) is 11.8 Å². The number of carbonyl (C=O) groups is 1. The molecule has 4 rings (SSSR count). The quantitative estimate of drug-likeness (QED) is 0.336. The fraction of sp³-hybridized carbons (Fsp3) is 0.391. The van der Waals surface area contributed by atoms with E-state index in [2.05, 4.69) is 11.9 Å². The Balaban J connectivity index is 1.50. The molecule has 0 bridgehead atoms. The van der Waals surface area contributed by atoms with Crippen LogP contribution in [0.1, 0.15) is 19.2 Å². The van der Waals surface area contributed by atoms with Crippen molar-refractivity contribution in [1.29, 1.82) is 0 Å². The van der Waals surface area contributed by atoms with Crippen LogP contribution in [0.2, 0.25) is 0 Å². The molecule has 1 aliphatic rings. The number of hydrogen-bond acceptors (Lipinski definition) is 7. The monoisotopic (exact) mass is 489 g/mol. The number of esters is 1. The predicted octanol–water partition coefficient (Wildman–Crippen LogP) is 3.30. The van der Waals surface area contributed by atoms with Crippen molar-refractivity contribution in [3.8, 4) is 0 Å². The van der Waals surface area contributed by atoms with Gasteiger partial charge >= 0.3 is 5.97 Å². The summed E-state index contributed by atoms with van der Waals surface area (Å²) in [4.78, 5) is 18.1. The van der Waals surface area contributed by atoms with Gasteiger partial charge in [-0.05, 0) is 36.8 Å². The fourth-order valence-electron chi connectivity index (χ4n) is 3.68. The molecule has 0 atom stereocenters. The van der Waals surface area contributed by atoms with Crippen molar-refractivity contribution in [2.24, 2.45) is 0 Å². The second-order valence-corrected chi connectivity index (χ2v) is 10.6. The molecule has 3 aromatic rings. The fourth-order valence-corrected chi connectivity index (χ4v) is 5.83. The lowest BCUT2D eigenvalue weighted by Gasteiger charge is -2.26. The summed E-state index contributed by atoms with van der Waals surface area (Å²) in [5, 5.41) is 0. The summed E-state index contributed by atoms with van der Waals surface area (Å²) in [5.41, 5.74) is 1.39. The van der Waals surface area contributed by atoms with Gasteiger partial charge in [0.05, 0.1) is 34.9 Å². The van der Waals surface area contributed by atoms with Crippen LogP contribution in [-0.4, -0.2) is 60.3 Å². The van der Waals surface area contributed by atoms with Crippen molar-refractivity contribution < 1.29 is 22.7 Å². The average Bonchev–Trinajstić information content (AvgIpc) is 3.19. The van der Waals surface area contributed by atoms with Crippen LogP contribution in [0.3, 0.4) is 0 Å². The summed E-state index contributed by atoms with van der Waals surface area (Å²) in [6, 6.07) is 14.7. The first kappa shape index (κ1) is 23.7. The van der Waals surface area contributed by atoms with Gasteiger partial charge in [0.2, 0.25) is 10.0 Å². The molecule has 0 unspecified atom stereocenters. The number of sulfonamides is 1. The second-order valence-electron chi connectivity index (χ2n) is 7.61. The van der Waals surface area contributed by atoms with Crippen LogP contribution in [0.4, 0.5) is 0 Å². The molecule has 0 spiro atoms. The summed E-state index contributed by atoms with van der Waals surface area (Å²) in [7, 11) is -3.61. The Kier molecular flexibility index (Phi) is 7.69. The number of aryl methyl sites for hydroxylation is 1. The molecule has 0 saturated carbocycles. The van der Waals surface area contributed by atoms with Crippen molar-refractivity contribution in [1.82, 2.24) is 13.9 Å². The third-order valence-corrected chi connectivity index (χ3v) is 8.20. The molecule has 33 heavy (non-hydrogen) atoms. The number of ether oxygens (including phenoxy) is 2. The highest BCUT2D eigenvalue weighted by Gasteiger charge is 2.27. The zero-order valence-electron chi connectivity index (χ0n) is 18.5. The zero-order valence-corrected chi connectivity index (χ0v) is 20.1. The van der Waals surface area contributed by atoms with Gasteiger partial charge in [-0.3, -0.25) is 4.79 Å². The van der Waals surface area contributed by atoms with Gasteiger partial charge in [0, 0.05) is 24.5 Å². The van der Waals surface area contributed by atoms with Gasteiger partial charge in [-0.1, -0.05) is 25.1 Å². The number of thioether (sulfide) groups is 1. The van der Waals surface area contributed by atoms with Crippen molar-refractivity contribution in [2.75, 3.05) is 32.1 Å². The minimum atomic E-state index is -3.61. The molecule has 0 aliphatic carbocycles. The van der Waals surface area contributed by atoms with Crippen molar-refractivity contribution in [3.63, 3.8) is 0 Å². The molecule has 176 valence electrons. The van der Waals surface area contributed by atoms with Gasteiger partial charge in [-0.2, -0.15) is 4.31 Å². The normalized spacial score (nSPS) is 15.1. The topological polar surface area (TPSA) is 90.7 Å². The third-order valence-electron chi connectivity index (χ3n) is 5.32. The average molecular weight is 490 g/mol. The van der Waals surface area contributed by atoms with Crippen molar-refractivity contribution in [2.45, 2.75) is 36.3 Å². The maximum absolute atomic E-state index is 13.0. The molecular weight excluding hydrogens is 462 g/mol.